The first-order chi connectivity index (χ1) is 9.78. The standard InChI is InChI=1S/C13H14ClN3O2S/c14-11-4-2-1-3-10(11)12-15-16-13(20-12)17-5-6-19-9(7-17)8-18/h1-4,9,18H,5-8H2/t9-/m0/s1. The summed E-state index contributed by atoms with van der Waals surface area (Å²) in [4.78, 5) is 2.09. The lowest BCUT2D eigenvalue weighted by atomic mass is 10.2. The van der Waals surface area contributed by atoms with Crippen molar-refractivity contribution in [2.45, 2.75) is 6.10 Å². The number of aromatic nitrogens is 2. The van der Waals surface area contributed by atoms with Crippen LogP contribution in [0.3, 0.4) is 0 Å². The summed E-state index contributed by atoms with van der Waals surface area (Å²) in [6, 6.07) is 7.59. The summed E-state index contributed by atoms with van der Waals surface area (Å²) in [5.41, 5.74) is 0.893. The summed E-state index contributed by atoms with van der Waals surface area (Å²) in [6.07, 6.45) is -0.156. The molecule has 5 nitrogen and oxygen atoms in total. The van der Waals surface area contributed by atoms with Gasteiger partial charge in [0.15, 0.2) is 5.01 Å². The molecule has 1 aliphatic rings. The molecule has 1 saturated heterocycles. The molecule has 1 atom stereocenters. The fourth-order valence-electron chi connectivity index (χ4n) is 2.09. The number of hydrogen-bond acceptors (Lipinski definition) is 6. The fourth-order valence-corrected chi connectivity index (χ4v) is 3.29. The van der Waals surface area contributed by atoms with Gasteiger partial charge in [0.05, 0.1) is 24.3 Å². The Hall–Kier alpha value is -1.21. The first-order valence-electron chi connectivity index (χ1n) is 6.33. The Kier molecular flexibility index (Phi) is 4.16. The number of aliphatic hydroxyl groups is 1. The molecule has 2 aromatic rings. The van der Waals surface area contributed by atoms with E-state index in [1.807, 2.05) is 24.3 Å². The van der Waals surface area contributed by atoms with Gasteiger partial charge in [-0.15, -0.1) is 10.2 Å². The van der Waals surface area contributed by atoms with Gasteiger partial charge in [0.2, 0.25) is 5.13 Å². The number of halogens is 1. The number of anilines is 1. The molecule has 0 spiro atoms. The number of morpholine rings is 1. The lowest BCUT2D eigenvalue weighted by Crippen LogP contribution is -2.44. The van der Waals surface area contributed by atoms with E-state index < -0.39 is 0 Å². The average molecular weight is 312 g/mol. The lowest BCUT2D eigenvalue weighted by molar-refractivity contribution is 0.00353. The zero-order valence-electron chi connectivity index (χ0n) is 10.7. The number of nitrogens with zero attached hydrogens (tertiary/aromatic N) is 3. The van der Waals surface area contributed by atoms with Gasteiger partial charge in [-0.3, -0.25) is 0 Å². The van der Waals surface area contributed by atoms with Crippen molar-refractivity contribution >= 4 is 28.1 Å². The average Bonchev–Trinajstić information content (AvgIpc) is 2.97. The summed E-state index contributed by atoms with van der Waals surface area (Å²) in [7, 11) is 0. The maximum Gasteiger partial charge on any atom is 0.208 e. The second-order valence-electron chi connectivity index (χ2n) is 4.49. The second-order valence-corrected chi connectivity index (χ2v) is 5.85. The molecule has 2 heterocycles. The molecule has 20 heavy (non-hydrogen) atoms. The molecule has 1 fully saturated rings. The quantitative estimate of drug-likeness (QED) is 0.940. The van der Waals surface area contributed by atoms with Crippen LogP contribution < -0.4 is 4.90 Å². The van der Waals surface area contributed by atoms with Crippen LogP contribution in [0.25, 0.3) is 10.6 Å². The normalized spacial score (nSPS) is 19.3. The monoisotopic (exact) mass is 311 g/mol. The number of benzene rings is 1. The van der Waals surface area contributed by atoms with Gasteiger partial charge in [-0.25, -0.2) is 0 Å². The van der Waals surface area contributed by atoms with Crippen molar-refractivity contribution in [3.8, 4) is 10.6 Å². The Morgan fingerprint density at radius 1 is 1.40 bits per heavy atom. The number of rotatable bonds is 3. The molecular weight excluding hydrogens is 298 g/mol. The van der Waals surface area contributed by atoms with E-state index in [1.54, 1.807) is 0 Å². The zero-order chi connectivity index (χ0) is 13.9. The van der Waals surface area contributed by atoms with Crippen molar-refractivity contribution in [3.05, 3.63) is 29.3 Å². The summed E-state index contributed by atoms with van der Waals surface area (Å²) in [5, 5.41) is 19.9. The molecule has 0 radical (unpaired) electrons. The molecule has 3 rings (SSSR count). The van der Waals surface area contributed by atoms with Gasteiger partial charge in [-0.05, 0) is 6.07 Å². The summed E-state index contributed by atoms with van der Waals surface area (Å²) in [6.45, 7) is 2.00. The molecule has 106 valence electrons. The first-order valence-corrected chi connectivity index (χ1v) is 7.53. The Bertz CT molecular complexity index is 593. The summed E-state index contributed by atoms with van der Waals surface area (Å²) in [5.74, 6) is 0. The number of aliphatic hydroxyl groups excluding tert-OH is 1. The molecule has 1 aromatic carbocycles. The van der Waals surface area contributed by atoms with Gasteiger partial charge in [0, 0.05) is 18.7 Å². The van der Waals surface area contributed by atoms with Gasteiger partial charge in [-0.2, -0.15) is 0 Å². The van der Waals surface area contributed by atoms with Gasteiger partial charge in [0.25, 0.3) is 0 Å². The van der Waals surface area contributed by atoms with E-state index in [2.05, 4.69) is 15.1 Å². The van der Waals surface area contributed by atoms with Crippen LogP contribution in [0.4, 0.5) is 5.13 Å². The molecule has 0 amide bonds. The molecule has 0 aliphatic carbocycles. The highest BCUT2D eigenvalue weighted by Crippen LogP contribution is 2.33. The zero-order valence-corrected chi connectivity index (χ0v) is 12.3. The van der Waals surface area contributed by atoms with Crippen LogP contribution >= 0.6 is 22.9 Å². The molecule has 1 N–H and O–H groups in total. The smallest absolute Gasteiger partial charge is 0.208 e. The van der Waals surface area contributed by atoms with Crippen molar-refractivity contribution < 1.29 is 9.84 Å². The minimum absolute atomic E-state index is 0.0205. The maximum absolute atomic E-state index is 9.17. The Balaban J connectivity index is 1.82. The van der Waals surface area contributed by atoms with Gasteiger partial charge >= 0.3 is 0 Å². The largest absolute Gasteiger partial charge is 0.394 e. The Labute approximate surface area is 125 Å². The van der Waals surface area contributed by atoms with Crippen molar-refractivity contribution in [1.82, 2.24) is 10.2 Å². The van der Waals surface area contributed by atoms with Crippen LogP contribution in [0.15, 0.2) is 24.3 Å². The van der Waals surface area contributed by atoms with E-state index in [0.29, 0.717) is 18.2 Å². The van der Waals surface area contributed by atoms with Crippen LogP contribution in [-0.4, -0.2) is 47.7 Å². The molecule has 0 saturated carbocycles. The Morgan fingerprint density at radius 3 is 3.05 bits per heavy atom. The van der Waals surface area contributed by atoms with Gasteiger partial charge in [-0.1, -0.05) is 41.1 Å². The molecule has 1 aliphatic heterocycles. The van der Waals surface area contributed by atoms with Crippen LogP contribution in [0.5, 0.6) is 0 Å². The van der Waals surface area contributed by atoms with Crippen LogP contribution in [0.1, 0.15) is 0 Å². The van der Waals surface area contributed by atoms with E-state index in [1.165, 1.54) is 11.3 Å². The minimum Gasteiger partial charge on any atom is -0.394 e. The minimum atomic E-state index is -0.156. The van der Waals surface area contributed by atoms with Crippen molar-refractivity contribution in [2.75, 3.05) is 31.2 Å². The third-order valence-corrected chi connectivity index (χ3v) is 4.48. The molecule has 7 heteroatoms. The SMILES string of the molecule is OC[C@@H]1CN(c2nnc(-c3ccccc3Cl)s2)CCO1. The molecule has 0 bridgehead atoms. The molecular formula is C13H14ClN3O2S. The maximum atomic E-state index is 9.17. The number of ether oxygens (including phenoxy) is 1. The van der Waals surface area contributed by atoms with Crippen LogP contribution in [-0.2, 0) is 4.74 Å². The van der Waals surface area contributed by atoms with E-state index >= 15 is 0 Å². The molecule has 0 unspecified atom stereocenters. The van der Waals surface area contributed by atoms with E-state index in [-0.39, 0.29) is 12.7 Å². The molecule has 1 aromatic heterocycles. The van der Waals surface area contributed by atoms with E-state index in [9.17, 15) is 5.11 Å². The highest BCUT2D eigenvalue weighted by molar-refractivity contribution is 7.18. The van der Waals surface area contributed by atoms with Crippen molar-refractivity contribution in [2.24, 2.45) is 0 Å². The van der Waals surface area contributed by atoms with E-state index in [4.69, 9.17) is 16.3 Å². The third kappa shape index (κ3) is 2.78. The van der Waals surface area contributed by atoms with Gasteiger partial charge < -0.3 is 14.7 Å². The highest BCUT2D eigenvalue weighted by atomic mass is 35.5. The topological polar surface area (TPSA) is 58.5 Å². The predicted octanol–water partition coefficient (Wildman–Crippen LogP) is 2.06. The summed E-state index contributed by atoms with van der Waals surface area (Å²) >= 11 is 7.67. The number of hydrogen-bond donors (Lipinski definition) is 1. The second kappa shape index (κ2) is 6.05. The van der Waals surface area contributed by atoms with Crippen molar-refractivity contribution in [3.63, 3.8) is 0 Å². The van der Waals surface area contributed by atoms with E-state index in [0.717, 1.165) is 22.2 Å². The Morgan fingerprint density at radius 2 is 2.25 bits per heavy atom. The van der Waals surface area contributed by atoms with Crippen LogP contribution in [0, 0.1) is 0 Å². The fraction of sp³-hybridized carbons (Fsp3) is 0.385. The predicted molar refractivity (Wildman–Crippen MR) is 79.4 cm³/mol. The van der Waals surface area contributed by atoms with Gasteiger partial charge in [0.1, 0.15) is 0 Å². The highest BCUT2D eigenvalue weighted by Gasteiger charge is 2.23. The first kappa shape index (κ1) is 13.8. The van der Waals surface area contributed by atoms with Crippen LogP contribution in [0.2, 0.25) is 5.02 Å². The van der Waals surface area contributed by atoms with Crippen molar-refractivity contribution in [1.29, 1.82) is 0 Å². The summed E-state index contributed by atoms with van der Waals surface area (Å²) < 4.78 is 5.43. The lowest BCUT2D eigenvalue weighted by Gasteiger charge is -2.31. The third-order valence-electron chi connectivity index (χ3n) is 3.13.